The molecule has 18 heavy (non-hydrogen) atoms. The number of fused-ring (bicyclic) bond motifs is 1. The fourth-order valence-electron chi connectivity index (χ4n) is 3.04. The fourth-order valence-corrected chi connectivity index (χ4v) is 3.04. The number of hydrogen-bond acceptors (Lipinski definition) is 6. The summed E-state index contributed by atoms with van der Waals surface area (Å²) in [6.45, 7) is 6.34. The van der Waals surface area contributed by atoms with E-state index in [9.17, 15) is 5.11 Å². The van der Waals surface area contributed by atoms with Crippen molar-refractivity contribution in [2.24, 2.45) is 5.92 Å². The zero-order valence-electron chi connectivity index (χ0n) is 10.7. The number of rotatable bonds is 2. The SMILES string of the molecule is Cc1nonc1CN1CC[C@@]2(O)CCNC[C@H]2C1. The summed E-state index contributed by atoms with van der Waals surface area (Å²) in [7, 11) is 0. The molecule has 6 nitrogen and oxygen atoms in total. The second kappa shape index (κ2) is 4.60. The van der Waals surface area contributed by atoms with Crippen molar-refractivity contribution in [3.05, 3.63) is 11.4 Å². The molecule has 1 aromatic rings. The molecule has 0 spiro atoms. The van der Waals surface area contributed by atoms with E-state index in [-0.39, 0.29) is 0 Å². The van der Waals surface area contributed by atoms with Gasteiger partial charge in [0.1, 0.15) is 11.4 Å². The molecular weight excluding hydrogens is 232 g/mol. The number of piperidine rings is 2. The van der Waals surface area contributed by atoms with Crippen molar-refractivity contribution in [1.29, 1.82) is 0 Å². The highest BCUT2D eigenvalue weighted by Gasteiger charge is 2.42. The van der Waals surface area contributed by atoms with Crippen molar-refractivity contribution < 1.29 is 9.74 Å². The summed E-state index contributed by atoms with van der Waals surface area (Å²) in [6.07, 6.45) is 1.72. The van der Waals surface area contributed by atoms with Gasteiger partial charge in [-0.2, -0.15) is 0 Å². The third-order valence-electron chi connectivity index (χ3n) is 4.34. The lowest BCUT2D eigenvalue weighted by molar-refractivity contribution is -0.0902. The molecule has 2 aliphatic rings. The van der Waals surface area contributed by atoms with Gasteiger partial charge in [-0.3, -0.25) is 4.90 Å². The molecule has 3 heterocycles. The molecule has 3 rings (SSSR count). The van der Waals surface area contributed by atoms with Gasteiger partial charge in [0.15, 0.2) is 0 Å². The Balaban J connectivity index is 1.65. The van der Waals surface area contributed by atoms with Crippen LogP contribution in [0.15, 0.2) is 4.63 Å². The lowest BCUT2D eigenvalue weighted by Gasteiger charge is -2.47. The maximum absolute atomic E-state index is 10.6. The molecule has 0 radical (unpaired) electrons. The van der Waals surface area contributed by atoms with Gasteiger partial charge in [-0.1, -0.05) is 10.3 Å². The van der Waals surface area contributed by atoms with Gasteiger partial charge in [-0.15, -0.1) is 0 Å². The monoisotopic (exact) mass is 252 g/mol. The van der Waals surface area contributed by atoms with Crippen molar-refractivity contribution in [1.82, 2.24) is 20.5 Å². The van der Waals surface area contributed by atoms with E-state index in [1.54, 1.807) is 0 Å². The van der Waals surface area contributed by atoms with E-state index in [1.165, 1.54) is 0 Å². The summed E-state index contributed by atoms with van der Waals surface area (Å²) in [4.78, 5) is 2.33. The molecule has 0 bridgehead atoms. The summed E-state index contributed by atoms with van der Waals surface area (Å²) < 4.78 is 4.72. The van der Waals surface area contributed by atoms with Crippen molar-refractivity contribution in [2.75, 3.05) is 26.2 Å². The van der Waals surface area contributed by atoms with Gasteiger partial charge in [0.05, 0.1) is 5.60 Å². The Hall–Kier alpha value is -0.980. The Morgan fingerprint density at radius 1 is 1.50 bits per heavy atom. The van der Waals surface area contributed by atoms with Crippen LogP contribution in [-0.2, 0) is 6.54 Å². The Morgan fingerprint density at radius 3 is 3.17 bits per heavy atom. The maximum Gasteiger partial charge on any atom is 0.122 e. The van der Waals surface area contributed by atoms with E-state index in [2.05, 4.69) is 20.5 Å². The van der Waals surface area contributed by atoms with Gasteiger partial charge in [-0.05, 0) is 26.3 Å². The Kier molecular flexibility index (Phi) is 3.09. The number of aliphatic hydroxyl groups is 1. The van der Waals surface area contributed by atoms with Crippen LogP contribution in [0.4, 0.5) is 0 Å². The van der Waals surface area contributed by atoms with Crippen LogP contribution in [0.25, 0.3) is 0 Å². The Bertz CT molecular complexity index is 422. The van der Waals surface area contributed by atoms with Crippen molar-refractivity contribution in [3.63, 3.8) is 0 Å². The topological polar surface area (TPSA) is 74.4 Å². The zero-order chi connectivity index (χ0) is 12.6. The van der Waals surface area contributed by atoms with Gasteiger partial charge in [0.25, 0.3) is 0 Å². The zero-order valence-corrected chi connectivity index (χ0v) is 10.7. The standard InChI is InChI=1S/C12H20N4O2/c1-9-11(15-18-14-9)8-16-5-3-12(17)2-4-13-6-10(12)7-16/h10,13,17H,2-8H2,1H3/t10-,12-/m0/s1. The minimum Gasteiger partial charge on any atom is -0.389 e. The van der Waals surface area contributed by atoms with Gasteiger partial charge < -0.3 is 10.4 Å². The van der Waals surface area contributed by atoms with E-state index in [1.807, 2.05) is 6.92 Å². The van der Waals surface area contributed by atoms with E-state index < -0.39 is 5.60 Å². The number of aromatic nitrogens is 2. The Morgan fingerprint density at radius 2 is 2.39 bits per heavy atom. The lowest BCUT2D eigenvalue weighted by Crippen LogP contribution is -2.58. The second-order valence-corrected chi connectivity index (χ2v) is 5.54. The summed E-state index contributed by atoms with van der Waals surface area (Å²) in [5.41, 5.74) is 1.31. The molecule has 0 amide bonds. The molecule has 2 N–H and O–H groups in total. The highest BCUT2D eigenvalue weighted by molar-refractivity contribution is 5.06. The first-order valence-corrected chi connectivity index (χ1v) is 6.61. The first-order chi connectivity index (χ1) is 8.67. The minimum absolute atomic E-state index is 0.320. The van der Waals surface area contributed by atoms with Crippen LogP contribution in [0.5, 0.6) is 0 Å². The molecule has 0 unspecified atom stereocenters. The molecule has 1 aromatic heterocycles. The predicted octanol–water partition coefficient (Wildman–Crippen LogP) is -0.0757. The van der Waals surface area contributed by atoms with Gasteiger partial charge in [0, 0.05) is 32.1 Å². The molecule has 6 heteroatoms. The summed E-state index contributed by atoms with van der Waals surface area (Å²) in [6, 6.07) is 0. The van der Waals surface area contributed by atoms with Crippen LogP contribution in [0.1, 0.15) is 24.2 Å². The first-order valence-electron chi connectivity index (χ1n) is 6.61. The number of aryl methyl sites for hydroxylation is 1. The van der Waals surface area contributed by atoms with Crippen molar-refractivity contribution >= 4 is 0 Å². The summed E-state index contributed by atoms with van der Waals surface area (Å²) in [5.74, 6) is 0.320. The number of hydrogen-bond donors (Lipinski definition) is 2. The van der Waals surface area contributed by atoms with Crippen LogP contribution in [0.2, 0.25) is 0 Å². The molecule has 2 fully saturated rings. The quantitative estimate of drug-likeness (QED) is 0.767. The first kappa shape index (κ1) is 12.1. The van der Waals surface area contributed by atoms with Gasteiger partial charge in [-0.25, -0.2) is 4.63 Å². The van der Waals surface area contributed by atoms with Crippen LogP contribution < -0.4 is 5.32 Å². The highest BCUT2D eigenvalue weighted by Crippen LogP contribution is 2.33. The third kappa shape index (κ3) is 2.15. The van der Waals surface area contributed by atoms with Crippen molar-refractivity contribution in [3.8, 4) is 0 Å². The van der Waals surface area contributed by atoms with Crippen LogP contribution >= 0.6 is 0 Å². The normalized spacial score (nSPS) is 33.3. The van der Waals surface area contributed by atoms with Crippen molar-refractivity contribution in [2.45, 2.75) is 31.9 Å². The summed E-state index contributed by atoms with van der Waals surface area (Å²) in [5, 5.41) is 21.7. The Labute approximate surface area is 106 Å². The third-order valence-corrected chi connectivity index (χ3v) is 4.34. The van der Waals surface area contributed by atoms with Gasteiger partial charge in [0.2, 0.25) is 0 Å². The van der Waals surface area contributed by atoms with E-state index in [0.29, 0.717) is 5.92 Å². The number of likely N-dealkylation sites (tertiary alicyclic amines) is 1. The molecule has 0 aromatic carbocycles. The minimum atomic E-state index is -0.459. The number of nitrogens with one attached hydrogen (secondary N) is 1. The molecule has 2 saturated heterocycles. The lowest BCUT2D eigenvalue weighted by atomic mass is 9.76. The number of nitrogens with zero attached hydrogens (tertiary/aromatic N) is 3. The molecular formula is C12H20N4O2. The molecule has 2 aliphatic heterocycles. The largest absolute Gasteiger partial charge is 0.389 e. The smallest absolute Gasteiger partial charge is 0.122 e. The highest BCUT2D eigenvalue weighted by atomic mass is 16.6. The molecule has 0 aliphatic carbocycles. The van der Waals surface area contributed by atoms with E-state index in [4.69, 9.17) is 4.63 Å². The average Bonchev–Trinajstić information content (AvgIpc) is 2.75. The van der Waals surface area contributed by atoms with Gasteiger partial charge >= 0.3 is 0 Å². The average molecular weight is 252 g/mol. The molecule has 2 atom stereocenters. The van der Waals surface area contributed by atoms with Crippen LogP contribution in [-0.4, -0.2) is 52.1 Å². The fraction of sp³-hybridized carbons (Fsp3) is 0.833. The summed E-state index contributed by atoms with van der Waals surface area (Å²) >= 11 is 0. The molecule has 0 saturated carbocycles. The van der Waals surface area contributed by atoms with Crippen LogP contribution in [0, 0.1) is 12.8 Å². The van der Waals surface area contributed by atoms with Crippen LogP contribution in [0.3, 0.4) is 0 Å². The molecule has 100 valence electrons. The van der Waals surface area contributed by atoms with E-state index in [0.717, 1.165) is 57.0 Å². The second-order valence-electron chi connectivity index (χ2n) is 5.54. The predicted molar refractivity (Wildman–Crippen MR) is 64.9 cm³/mol. The maximum atomic E-state index is 10.6. The van der Waals surface area contributed by atoms with E-state index >= 15 is 0 Å².